The molecule has 4 N–H and O–H groups in total. The summed E-state index contributed by atoms with van der Waals surface area (Å²) in [6.45, 7) is 4.50. The smallest absolute Gasteiger partial charge is 0.330 e. The van der Waals surface area contributed by atoms with Crippen molar-refractivity contribution < 1.29 is 4.79 Å². The number of nitrogens with one attached hydrogen (secondary N) is 2. The predicted octanol–water partition coefficient (Wildman–Crippen LogP) is 0.983. The third kappa shape index (κ3) is 3.70. The third-order valence-corrected chi connectivity index (χ3v) is 7.43. The summed E-state index contributed by atoms with van der Waals surface area (Å²) in [7, 11) is 2.19. The van der Waals surface area contributed by atoms with Crippen LogP contribution in [0, 0.1) is 5.41 Å². The Morgan fingerprint density at radius 1 is 1.19 bits per heavy atom. The second kappa shape index (κ2) is 7.99. The molecule has 6 rings (SSSR count). The molecule has 1 aliphatic heterocycles. The number of hydrogen-bond acceptors (Lipinski definition) is 6. The molecule has 4 fully saturated rings. The molecule has 1 aromatic heterocycles. The molecule has 32 heavy (non-hydrogen) atoms. The Balaban J connectivity index is 1.21. The first-order valence-corrected chi connectivity index (χ1v) is 11.3. The highest BCUT2D eigenvalue weighted by Crippen LogP contribution is 2.69. The zero-order valence-electron chi connectivity index (χ0n) is 18.5. The molecule has 1 aromatic carbocycles. The number of aromatic nitrogens is 2. The van der Waals surface area contributed by atoms with E-state index in [0.29, 0.717) is 24.0 Å². The first-order valence-electron chi connectivity index (χ1n) is 11.3. The normalized spacial score (nSPS) is 26.4. The lowest BCUT2D eigenvalue weighted by atomic mass is 9.39. The lowest BCUT2D eigenvalue weighted by Gasteiger charge is -2.73. The average Bonchev–Trinajstić information content (AvgIpc) is 2.74. The van der Waals surface area contributed by atoms with Crippen LogP contribution in [-0.2, 0) is 6.54 Å². The van der Waals surface area contributed by atoms with Crippen LogP contribution in [0.5, 0.6) is 0 Å². The van der Waals surface area contributed by atoms with Gasteiger partial charge in [-0.2, -0.15) is 4.98 Å². The van der Waals surface area contributed by atoms with E-state index in [-0.39, 0.29) is 11.8 Å². The average molecular weight is 438 g/mol. The first-order chi connectivity index (χ1) is 15.4. The van der Waals surface area contributed by atoms with Crippen molar-refractivity contribution in [3.05, 3.63) is 52.6 Å². The zero-order valence-corrected chi connectivity index (χ0v) is 18.5. The van der Waals surface area contributed by atoms with Crippen molar-refractivity contribution in [2.45, 2.75) is 31.3 Å². The molecule has 2 heterocycles. The Kier molecular flexibility index (Phi) is 5.27. The van der Waals surface area contributed by atoms with Crippen LogP contribution in [-0.4, -0.2) is 70.7 Å². The lowest BCUT2D eigenvalue weighted by molar-refractivity contribution is -0.209. The second-order valence-corrected chi connectivity index (χ2v) is 9.61. The van der Waals surface area contributed by atoms with E-state index in [1.807, 2.05) is 12.1 Å². The molecule has 0 radical (unpaired) electrons. The highest BCUT2D eigenvalue weighted by atomic mass is 16.2. The maximum Gasteiger partial charge on any atom is 0.354 e. The number of nitrogens with zero attached hydrogens (tertiary/aromatic N) is 4. The largest absolute Gasteiger partial charge is 0.354 e. The molecule has 4 aliphatic rings. The van der Waals surface area contributed by atoms with Crippen LogP contribution in [0.2, 0.25) is 0 Å². The van der Waals surface area contributed by atoms with Crippen molar-refractivity contribution in [3.63, 3.8) is 0 Å². The van der Waals surface area contributed by atoms with Crippen LogP contribution in [0.1, 0.15) is 24.8 Å². The molecule has 3 saturated carbocycles. The highest BCUT2D eigenvalue weighted by molar-refractivity contribution is 5.88. The van der Waals surface area contributed by atoms with E-state index in [4.69, 9.17) is 5.73 Å². The van der Waals surface area contributed by atoms with E-state index in [1.165, 1.54) is 29.4 Å². The molecule has 0 unspecified atom stereocenters. The summed E-state index contributed by atoms with van der Waals surface area (Å²) in [6.07, 6.45) is 5.29. The maximum absolute atomic E-state index is 12.6. The molecular formula is C23H31N7O2. The van der Waals surface area contributed by atoms with Crippen LogP contribution in [0.4, 0.5) is 10.6 Å². The Hall–Kier alpha value is -2.75. The van der Waals surface area contributed by atoms with Crippen LogP contribution >= 0.6 is 0 Å². The van der Waals surface area contributed by atoms with Crippen LogP contribution < -0.4 is 22.1 Å². The maximum atomic E-state index is 12.6. The number of benzene rings is 1. The fourth-order valence-electron chi connectivity index (χ4n) is 5.49. The summed E-state index contributed by atoms with van der Waals surface area (Å²) in [5.41, 5.74) is 8.19. The van der Waals surface area contributed by atoms with Gasteiger partial charge in [-0.25, -0.2) is 9.59 Å². The third-order valence-electron chi connectivity index (χ3n) is 7.43. The van der Waals surface area contributed by atoms with Gasteiger partial charge in [0, 0.05) is 44.5 Å². The van der Waals surface area contributed by atoms with Crippen molar-refractivity contribution in [2.75, 3.05) is 45.1 Å². The van der Waals surface area contributed by atoms with Gasteiger partial charge in [-0.1, -0.05) is 12.1 Å². The molecule has 2 aromatic rings. The van der Waals surface area contributed by atoms with Crippen molar-refractivity contribution in [2.24, 2.45) is 11.1 Å². The Morgan fingerprint density at radius 2 is 1.88 bits per heavy atom. The van der Waals surface area contributed by atoms with E-state index < -0.39 is 5.69 Å². The zero-order chi connectivity index (χ0) is 22.3. The summed E-state index contributed by atoms with van der Waals surface area (Å²) >= 11 is 0. The molecule has 2 amide bonds. The second-order valence-electron chi connectivity index (χ2n) is 9.61. The summed E-state index contributed by atoms with van der Waals surface area (Å²) < 4.78 is 1.49. The minimum absolute atomic E-state index is 0.231. The van der Waals surface area contributed by atoms with Crippen molar-refractivity contribution in [3.8, 4) is 5.69 Å². The molecule has 170 valence electrons. The topological polar surface area (TPSA) is 109 Å². The van der Waals surface area contributed by atoms with Gasteiger partial charge in [0.1, 0.15) is 5.82 Å². The van der Waals surface area contributed by atoms with Crippen molar-refractivity contribution >= 4 is 11.8 Å². The monoisotopic (exact) mass is 437 g/mol. The van der Waals surface area contributed by atoms with Gasteiger partial charge in [-0.3, -0.25) is 14.8 Å². The van der Waals surface area contributed by atoms with Gasteiger partial charge in [0.2, 0.25) is 0 Å². The van der Waals surface area contributed by atoms with Crippen LogP contribution in [0.15, 0.2) is 41.3 Å². The van der Waals surface area contributed by atoms with E-state index in [1.54, 1.807) is 17.2 Å². The molecule has 1 saturated heterocycles. The van der Waals surface area contributed by atoms with E-state index in [0.717, 1.165) is 31.9 Å². The van der Waals surface area contributed by atoms with Gasteiger partial charge in [0.05, 0.1) is 5.69 Å². The van der Waals surface area contributed by atoms with Crippen molar-refractivity contribution in [1.29, 1.82) is 0 Å². The number of anilines is 1. The number of urea groups is 1. The SMILES string of the molecule is CN(Cc1ccc(-n2ccc(NC(=O)N3CCNCC3)nc2=O)cc1)C12CC(CN)(C1)C2. The molecule has 2 bridgehead atoms. The minimum atomic E-state index is -0.422. The number of hydrogen-bond donors (Lipinski definition) is 3. The molecular weight excluding hydrogens is 406 g/mol. The van der Waals surface area contributed by atoms with Crippen LogP contribution in [0.25, 0.3) is 5.69 Å². The van der Waals surface area contributed by atoms with Gasteiger partial charge in [0.25, 0.3) is 0 Å². The van der Waals surface area contributed by atoms with E-state index >= 15 is 0 Å². The first kappa shape index (κ1) is 21.1. The minimum Gasteiger partial charge on any atom is -0.330 e. The molecule has 0 spiro atoms. The van der Waals surface area contributed by atoms with Gasteiger partial charge in [-0.05, 0) is 62.0 Å². The molecule has 0 atom stereocenters. The summed E-state index contributed by atoms with van der Waals surface area (Å²) in [6, 6.07) is 9.42. The number of rotatable bonds is 6. The lowest BCUT2D eigenvalue weighted by Crippen LogP contribution is -2.75. The quantitative estimate of drug-likeness (QED) is 0.622. The number of nitrogens with two attached hydrogens (primary N) is 1. The van der Waals surface area contributed by atoms with Gasteiger partial charge in [-0.15, -0.1) is 0 Å². The summed E-state index contributed by atoms with van der Waals surface area (Å²) in [5.74, 6) is 0.266. The van der Waals surface area contributed by atoms with Gasteiger partial charge < -0.3 is 16.0 Å². The standard InChI is InChI=1S/C23H31N7O2/c1-28(23-13-22(14-23,15-23)16-24)12-17-2-4-18(5-3-17)30-9-6-19(27-21(30)32)26-20(31)29-10-7-25-8-11-29/h2-6,9,25H,7-8,10-16,24H2,1H3,(H,26,27,31,32). The number of carbonyl (C=O) groups is 1. The summed E-state index contributed by atoms with van der Waals surface area (Å²) in [5, 5.41) is 5.92. The predicted molar refractivity (Wildman–Crippen MR) is 123 cm³/mol. The van der Waals surface area contributed by atoms with Crippen molar-refractivity contribution in [1.82, 2.24) is 24.7 Å². The fraction of sp³-hybridized carbons (Fsp3) is 0.522. The van der Waals surface area contributed by atoms with Crippen LogP contribution in [0.3, 0.4) is 0 Å². The van der Waals surface area contributed by atoms with Gasteiger partial charge in [0.15, 0.2) is 0 Å². The Labute approximate surface area is 187 Å². The Bertz CT molecular complexity index is 1040. The summed E-state index contributed by atoms with van der Waals surface area (Å²) in [4.78, 5) is 33.1. The molecule has 9 heteroatoms. The molecule has 9 nitrogen and oxygen atoms in total. The van der Waals surface area contributed by atoms with E-state index in [2.05, 4.69) is 39.7 Å². The number of carbonyl (C=O) groups excluding carboxylic acids is 1. The molecule has 3 aliphatic carbocycles. The number of amides is 2. The Morgan fingerprint density at radius 3 is 2.50 bits per heavy atom. The fourth-order valence-corrected chi connectivity index (χ4v) is 5.49. The number of piperazine rings is 1. The van der Waals surface area contributed by atoms with E-state index in [9.17, 15) is 9.59 Å². The highest BCUT2D eigenvalue weighted by Gasteiger charge is 2.68. The van der Waals surface area contributed by atoms with Gasteiger partial charge >= 0.3 is 11.7 Å².